The highest BCUT2D eigenvalue weighted by atomic mass is 28.4. The molecule has 1 fully saturated rings. The van der Waals surface area contributed by atoms with Gasteiger partial charge in [0.2, 0.25) is 5.91 Å². The lowest BCUT2D eigenvalue weighted by atomic mass is 9.81. The molecular weight excluding hydrogens is 579 g/mol. The molecule has 1 amide bonds. The zero-order valence-electron chi connectivity index (χ0n) is 26.8. The van der Waals surface area contributed by atoms with Crippen molar-refractivity contribution < 1.29 is 23.5 Å². The minimum atomic E-state index is -2.92. The number of carbonyl (C=O) groups excluding carboxylic acids is 2. The first-order valence-electron chi connectivity index (χ1n) is 15.6. The minimum absolute atomic E-state index is 0.0166. The SMILES string of the molecule is COc1ccc(CN2C(=O)[C@H]([C@@H](C)O[Si](c3ccccc3)(c3ccccc3)C(C)(C)C)[C@H]2CC(=O)OCc2ccccc2)cc1. The van der Waals surface area contributed by atoms with Crippen LogP contribution in [0.1, 0.15) is 45.2 Å². The summed E-state index contributed by atoms with van der Waals surface area (Å²) in [5.41, 5.74) is 1.89. The standard InChI is InChI=1S/C38H43NO5Si/c1-28(44-45(38(2,3)4,32-17-11-7-12-18-32)33-19-13-8-14-20-33)36-34(25-35(40)43-27-30-15-9-6-10-16-30)39(37(36)41)26-29-21-23-31(42-5)24-22-29/h6-24,28,34,36H,25-27H2,1-5H3/t28-,34-,36-/m1/s1. The molecule has 1 aliphatic heterocycles. The number of esters is 1. The second kappa shape index (κ2) is 13.8. The summed E-state index contributed by atoms with van der Waals surface area (Å²) >= 11 is 0. The first-order valence-corrected chi connectivity index (χ1v) is 17.5. The van der Waals surface area contributed by atoms with Gasteiger partial charge in [-0.3, -0.25) is 9.59 Å². The number of hydrogen-bond donors (Lipinski definition) is 0. The molecule has 0 N–H and O–H groups in total. The molecule has 1 heterocycles. The molecule has 3 atom stereocenters. The maximum atomic E-state index is 14.0. The number of hydrogen-bond acceptors (Lipinski definition) is 5. The Hall–Kier alpha value is -4.20. The van der Waals surface area contributed by atoms with E-state index in [9.17, 15) is 9.59 Å². The summed E-state index contributed by atoms with van der Waals surface area (Å²) in [6, 6.07) is 37.8. The van der Waals surface area contributed by atoms with Crippen molar-refractivity contribution in [3.63, 3.8) is 0 Å². The topological polar surface area (TPSA) is 65.1 Å². The lowest BCUT2D eigenvalue weighted by Gasteiger charge is -2.52. The molecule has 234 valence electrons. The van der Waals surface area contributed by atoms with Crippen molar-refractivity contribution in [1.29, 1.82) is 0 Å². The fourth-order valence-corrected chi connectivity index (χ4v) is 11.2. The summed E-state index contributed by atoms with van der Waals surface area (Å²) in [7, 11) is -1.30. The summed E-state index contributed by atoms with van der Waals surface area (Å²) in [5.74, 6) is -0.0926. The Labute approximate surface area is 268 Å². The molecule has 0 radical (unpaired) electrons. The fourth-order valence-electron chi connectivity index (χ4n) is 6.52. The van der Waals surface area contributed by atoms with Gasteiger partial charge in [-0.2, -0.15) is 0 Å². The van der Waals surface area contributed by atoms with Gasteiger partial charge < -0.3 is 18.8 Å². The number of ether oxygens (including phenoxy) is 2. The van der Waals surface area contributed by atoms with Crippen LogP contribution in [0.15, 0.2) is 115 Å². The van der Waals surface area contributed by atoms with Gasteiger partial charge in [0, 0.05) is 6.54 Å². The Morgan fingerprint density at radius 2 is 1.33 bits per heavy atom. The maximum Gasteiger partial charge on any atom is 0.308 e. The van der Waals surface area contributed by atoms with Gasteiger partial charge in [-0.15, -0.1) is 0 Å². The molecule has 0 unspecified atom stereocenters. The lowest BCUT2D eigenvalue weighted by molar-refractivity contribution is -0.169. The van der Waals surface area contributed by atoms with Crippen molar-refractivity contribution in [2.75, 3.05) is 7.11 Å². The summed E-state index contributed by atoms with van der Waals surface area (Å²) in [5, 5.41) is 2.05. The van der Waals surface area contributed by atoms with E-state index in [4.69, 9.17) is 13.9 Å². The summed E-state index contributed by atoms with van der Waals surface area (Å²) < 4.78 is 18.4. The quantitative estimate of drug-likeness (QED) is 0.108. The molecule has 1 aliphatic rings. The molecule has 7 heteroatoms. The van der Waals surface area contributed by atoms with Crippen molar-refractivity contribution >= 4 is 30.6 Å². The Morgan fingerprint density at radius 3 is 1.84 bits per heavy atom. The average Bonchev–Trinajstić information content (AvgIpc) is 3.06. The number of methoxy groups -OCH3 is 1. The highest BCUT2D eigenvalue weighted by molar-refractivity contribution is 6.99. The van der Waals surface area contributed by atoms with Gasteiger partial charge in [0.1, 0.15) is 12.4 Å². The molecule has 0 bridgehead atoms. The van der Waals surface area contributed by atoms with E-state index in [0.717, 1.165) is 27.2 Å². The second-order valence-electron chi connectivity index (χ2n) is 12.7. The summed E-state index contributed by atoms with van der Waals surface area (Å²) in [4.78, 5) is 29.0. The lowest BCUT2D eigenvalue weighted by Crippen LogP contribution is -2.71. The molecule has 4 aromatic carbocycles. The molecule has 6 nitrogen and oxygen atoms in total. The fraction of sp³-hybridized carbons (Fsp3) is 0.316. The highest BCUT2D eigenvalue weighted by Crippen LogP contribution is 2.41. The number of likely N-dealkylation sites (tertiary alicyclic amines) is 1. The maximum absolute atomic E-state index is 14.0. The molecule has 5 rings (SSSR count). The van der Waals surface area contributed by atoms with E-state index < -0.39 is 20.3 Å². The third kappa shape index (κ3) is 6.90. The van der Waals surface area contributed by atoms with Crippen LogP contribution >= 0.6 is 0 Å². The van der Waals surface area contributed by atoms with Crippen LogP contribution in [0.2, 0.25) is 5.04 Å². The number of amides is 1. The summed E-state index contributed by atoms with van der Waals surface area (Å²) in [6.07, 6.45) is -0.351. The van der Waals surface area contributed by atoms with Crippen molar-refractivity contribution in [2.24, 2.45) is 5.92 Å². The number of carbonyl (C=O) groups is 2. The van der Waals surface area contributed by atoms with Gasteiger partial charge in [-0.05, 0) is 45.6 Å². The smallest absolute Gasteiger partial charge is 0.308 e. The van der Waals surface area contributed by atoms with E-state index in [1.165, 1.54) is 0 Å². The van der Waals surface area contributed by atoms with Crippen LogP contribution in [0, 0.1) is 5.92 Å². The number of β-lactam (4-membered cyclic amide) rings is 1. The number of benzene rings is 4. The van der Waals surface area contributed by atoms with Crippen LogP contribution in [0.25, 0.3) is 0 Å². The van der Waals surface area contributed by atoms with Crippen molar-refractivity contribution in [1.82, 2.24) is 4.90 Å². The second-order valence-corrected chi connectivity index (χ2v) is 17.0. The Bertz CT molecular complexity index is 1520. The van der Waals surface area contributed by atoms with E-state index in [0.29, 0.717) is 6.54 Å². The highest BCUT2D eigenvalue weighted by Gasteiger charge is 2.56. The van der Waals surface area contributed by atoms with Gasteiger partial charge in [0.05, 0.1) is 31.6 Å². The molecule has 0 aromatic heterocycles. The van der Waals surface area contributed by atoms with Crippen LogP contribution in [0.5, 0.6) is 5.75 Å². The third-order valence-corrected chi connectivity index (χ3v) is 13.9. The van der Waals surface area contributed by atoms with Gasteiger partial charge in [-0.1, -0.05) is 124 Å². The van der Waals surface area contributed by atoms with Crippen molar-refractivity contribution in [2.45, 2.75) is 64.5 Å². The molecule has 1 saturated heterocycles. The minimum Gasteiger partial charge on any atom is -0.497 e. The first-order chi connectivity index (χ1) is 21.6. The Kier molecular flexibility index (Phi) is 9.90. The Morgan fingerprint density at radius 1 is 0.800 bits per heavy atom. The van der Waals surface area contributed by atoms with Crippen molar-refractivity contribution in [3.8, 4) is 5.75 Å². The van der Waals surface area contributed by atoms with E-state index in [-0.39, 0.29) is 36.0 Å². The predicted octanol–water partition coefficient (Wildman–Crippen LogP) is 6.12. The van der Waals surface area contributed by atoms with E-state index in [1.54, 1.807) is 12.0 Å². The monoisotopic (exact) mass is 621 g/mol. The molecule has 0 saturated carbocycles. The largest absolute Gasteiger partial charge is 0.497 e. The molecular formula is C38H43NO5Si. The third-order valence-electron chi connectivity index (χ3n) is 8.80. The van der Waals surface area contributed by atoms with Crippen molar-refractivity contribution in [3.05, 3.63) is 126 Å². The Balaban J connectivity index is 1.45. The first kappa shape index (κ1) is 32.2. The van der Waals surface area contributed by atoms with Crippen LogP contribution < -0.4 is 15.1 Å². The van der Waals surface area contributed by atoms with Gasteiger partial charge >= 0.3 is 5.97 Å². The zero-order valence-corrected chi connectivity index (χ0v) is 27.8. The van der Waals surface area contributed by atoms with Gasteiger partial charge in [0.15, 0.2) is 0 Å². The zero-order chi connectivity index (χ0) is 32.0. The molecule has 0 aliphatic carbocycles. The normalized spacial score (nSPS) is 17.4. The van der Waals surface area contributed by atoms with Crippen LogP contribution in [-0.4, -0.2) is 44.3 Å². The van der Waals surface area contributed by atoms with Gasteiger partial charge in [0.25, 0.3) is 8.32 Å². The molecule has 45 heavy (non-hydrogen) atoms. The van der Waals surface area contributed by atoms with E-state index in [1.807, 2.05) is 73.7 Å². The number of nitrogens with zero attached hydrogens (tertiary/aromatic N) is 1. The molecule has 0 spiro atoms. The summed E-state index contributed by atoms with van der Waals surface area (Å²) in [6.45, 7) is 9.25. The van der Waals surface area contributed by atoms with Gasteiger partial charge in [-0.25, -0.2) is 0 Å². The van der Waals surface area contributed by atoms with E-state index in [2.05, 4.69) is 69.3 Å². The van der Waals surface area contributed by atoms with Crippen LogP contribution in [0.4, 0.5) is 0 Å². The van der Waals surface area contributed by atoms with Crippen LogP contribution in [0.3, 0.4) is 0 Å². The average molecular weight is 622 g/mol. The predicted molar refractivity (Wildman–Crippen MR) is 180 cm³/mol. The molecule has 4 aromatic rings. The van der Waals surface area contributed by atoms with Crippen LogP contribution in [-0.2, 0) is 31.9 Å². The van der Waals surface area contributed by atoms with E-state index >= 15 is 0 Å². The number of rotatable bonds is 12.